The molecule has 0 N–H and O–H groups in total. The first-order valence-electron chi connectivity index (χ1n) is 21.6. The highest BCUT2D eigenvalue weighted by molar-refractivity contribution is 6.14. The minimum absolute atomic E-state index is 0.439. The van der Waals surface area contributed by atoms with Crippen LogP contribution in [0, 0.1) is 6.57 Å². The SMILES string of the molecule is [C-]#[N+]c1ccc(-n2c3ccc(-n4c5ccccc5c5ccccc54)cc3c3cc(-n4c5ccccc5c5ccccc54)ccc32)cc1-c1nc(-c2ccccc2)nc(-c2ccccc2)n1. The van der Waals surface area contributed by atoms with Crippen LogP contribution >= 0.6 is 0 Å². The fourth-order valence-electron chi connectivity index (χ4n) is 9.83. The number of rotatable bonds is 6. The molecule has 302 valence electrons. The molecule has 0 saturated carbocycles. The van der Waals surface area contributed by atoms with Crippen LogP contribution in [0.25, 0.3) is 121 Å². The molecule has 0 unspecified atom stereocenters. The molecule has 9 aromatic carbocycles. The van der Waals surface area contributed by atoms with Crippen molar-refractivity contribution in [3.05, 3.63) is 224 Å². The lowest BCUT2D eigenvalue weighted by atomic mass is 10.1. The summed E-state index contributed by atoms with van der Waals surface area (Å²) in [6.45, 7) is 8.33. The first-order chi connectivity index (χ1) is 32.2. The molecular formula is C58H35N7. The third-order valence-electron chi connectivity index (χ3n) is 12.7. The molecule has 0 aliphatic rings. The molecule has 7 heteroatoms. The topological polar surface area (TPSA) is 57.8 Å². The summed E-state index contributed by atoms with van der Waals surface area (Å²) in [6.07, 6.45) is 0. The maximum atomic E-state index is 8.33. The maximum absolute atomic E-state index is 8.33. The van der Waals surface area contributed by atoms with Crippen molar-refractivity contribution < 1.29 is 0 Å². The van der Waals surface area contributed by atoms with Crippen molar-refractivity contribution in [2.24, 2.45) is 0 Å². The van der Waals surface area contributed by atoms with Gasteiger partial charge in [-0.05, 0) is 72.8 Å². The lowest BCUT2D eigenvalue weighted by Crippen LogP contribution is -2.01. The predicted molar refractivity (Wildman–Crippen MR) is 265 cm³/mol. The summed E-state index contributed by atoms with van der Waals surface area (Å²) in [4.78, 5) is 19.1. The van der Waals surface area contributed by atoms with Gasteiger partial charge in [0.15, 0.2) is 23.2 Å². The van der Waals surface area contributed by atoms with Crippen LogP contribution in [-0.4, -0.2) is 28.7 Å². The van der Waals surface area contributed by atoms with E-state index in [1.165, 1.54) is 21.5 Å². The molecule has 0 aliphatic heterocycles. The Morgan fingerprint density at radius 2 is 0.646 bits per heavy atom. The Morgan fingerprint density at radius 1 is 0.308 bits per heavy atom. The normalized spacial score (nSPS) is 11.7. The highest BCUT2D eigenvalue weighted by Gasteiger charge is 2.21. The molecule has 65 heavy (non-hydrogen) atoms. The van der Waals surface area contributed by atoms with E-state index in [9.17, 15) is 0 Å². The van der Waals surface area contributed by atoms with Crippen molar-refractivity contribution in [3.63, 3.8) is 0 Å². The highest BCUT2D eigenvalue weighted by Crippen LogP contribution is 2.41. The molecule has 0 bridgehead atoms. The van der Waals surface area contributed by atoms with Gasteiger partial charge in [-0.1, -0.05) is 140 Å². The number of para-hydroxylation sites is 4. The van der Waals surface area contributed by atoms with E-state index in [4.69, 9.17) is 21.5 Å². The summed E-state index contributed by atoms with van der Waals surface area (Å²) >= 11 is 0. The van der Waals surface area contributed by atoms with E-state index in [2.05, 4.69) is 158 Å². The number of benzene rings is 9. The van der Waals surface area contributed by atoms with Crippen LogP contribution in [0.15, 0.2) is 212 Å². The molecule has 0 radical (unpaired) electrons. The molecule has 0 fully saturated rings. The fourth-order valence-corrected chi connectivity index (χ4v) is 9.83. The minimum atomic E-state index is 0.439. The molecule has 13 aromatic rings. The van der Waals surface area contributed by atoms with E-state index >= 15 is 0 Å². The monoisotopic (exact) mass is 829 g/mol. The first kappa shape index (κ1) is 36.5. The van der Waals surface area contributed by atoms with Crippen molar-refractivity contribution in [2.75, 3.05) is 0 Å². The summed E-state index contributed by atoms with van der Waals surface area (Å²) in [5.74, 6) is 1.53. The van der Waals surface area contributed by atoms with Crippen molar-refractivity contribution in [1.29, 1.82) is 0 Å². The molecule has 13 rings (SSSR count). The second kappa shape index (κ2) is 14.5. The van der Waals surface area contributed by atoms with Crippen LogP contribution < -0.4 is 0 Å². The van der Waals surface area contributed by atoms with Gasteiger partial charge in [0.25, 0.3) is 0 Å². The minimum Gasteiger partial charge on any atom is -0.309 e. The molecule has 0 amide bonds. The van der Waals surface area contributed by atoms with Gasteiger partial charge >= 0.3 is 0 Å². The molecule has 4 aromatic heterocycles. The van der Waals surface area contributed by atoms with Crippen molar-refractivity contribution in [1.82, 2.24) is 28.7 Å². The van der Waals surface area contributed by atoms with Crippen molar-refractivity contribution >= 4 is 71.1 Å². The third kappa shape index (κ3) is 5.71. The summed E-state index contributed by atoms with van der Waals surface area (Å²) in [6, 6.07) is 74.0. The van der Waals surface area contributed by atoms with Crippen LogP contribution in [0.4, 0.5) is 5.69 Å². The molecular weight excluding hydrogens is 795 g/mol. The summed E-state index contributed by atoms with van der Waals surface area (Å²) < 4.78 is 7.06. The van der Waals surface area contributed by atoms with Gasteiger partial charge in [0.1, 0.15) is 0 Å². The van der Waals surface area contributed by atoms with E-state index in [1.807, 2.05) is 72.8 Å². The van der Waals surface area contributed by atoms with Crippen LogP contribution in [0.3, 0.4) is 0 Å². The lowest BCUT2D eigenvalue weighted by Gasteiger charge is -2.13. The average Bonchev–Trinajstić information content (AvgIpc) is 4.02. The number of fused-ring (bicyclic) bond motifs is 9. The van der Waals surface area contributed by atoms with E-state index in [0.717, 1.165) is 72.1 Å². The van der Waals surface area contributed by atoms with Gasteiger partial charge in [-0.15, -0.1) is 0 Å². The molecule has 0 aliphatic carbocycles. The quantitative estimate of drug-likeness (QED) is 0.157. The second-order valence-electron chi connectivity index (χ2n) is 16.3. The smallest absolute Gasteiger partial charge is 0.198 e. The Balaban J connectivity index is 1.08. The fraction of sp³-hybridized carbons (Fsp3) is 0. The van der Waals surface area contributed by atoms with Gasteiger partial charge in [0.05, 0.1) is 39.7 Å². The van der Waals surface area contributed by atoms with Crippen LogP contribution in [0.1, 0.15) is 0 Å². The Labute approximate surface area is 373 Å². The van der Waals surface area contributed by atoms with E-state index in [-0.39, 0.29) is 0 Å². The van der Waals surface area contributed by atoms with Gasteiger partial charge in [0.2, 0.25) is 0 Å². The highest BCUT2D eigenvalue weighted by atomic mass is 15.0. The standard InChI is InChI=1S/C58H35N7/c1-59-49-31-28-39(36-48(49)58-61-56(37-16-4-2-5-17-37)60-57(62-58)38-18-6-3-7-19-38)65-54-32-29-40(63-50-24-12-8-20-42(50)43-21-9-13-25-51(43)63)34-46(54)47-35-41(30-33-55(47)65)64-52-26-14-10-22-44(52)45-23-11-15-27-53(45)64/h2-36H. The molecule has 0 saturated heterocycles. The van der Waals surface area contributed by atoms with E-state index in [1.54, 1.807) is 0 Å². The van der Waals surface area contributed by atoms with Crippen LogP contribution in [0.5, 0.6) is 0 Å². The molecule has 7 nitrogen and oxygen atoms in total. The van der Waals surface area contributed by atoms with E-state index in [0.29, 0.717) is 28.7 Å². The molecule has 0 spiro atoms. The number of hydrogen-bond donors (Lipinski definition) is 0. The summed E-state index contributed by atoms with van der Waals surface area (Å²) in [5.41, 5.74) is 12.6. The van der Waals surface area contributed by atoms with Gasteiger partial charge < -0.3 is 13.7 Å². The Hall–Kier alpha value is -9.12. The summed E-state index contributed by atoms with van der Waals surface area (Å²) in [5, 5.41) is 7.09. The molecule has 0 atom stereocenters. The zero-order chi connectivity index (χ0) is 43.0. The predicted octanol–water partition coefficient (Wildman–Crippen LogP) is 14.7. The zero-order valence-corrected chi connectivity index (χ0v) is 34.8. The van der Waals surface area contributed by atoms with Crippen LogP contribution in [-0.2, 0) is 0 Å². The number of nitrogens with zero attached hydrogens (tertiary/aromatic N) is 7. The van der Waals surface area contributed by atoms with E-state index < -0.39 is 0 Å². The van der Waals surface area contributed by atoms with Gasteiger partial charge in [-0.3, -0.25) is 0 Å². The largest absolute Gasteiger partial charge is 0.309 e. The van der Waals surface area contributed by atoms with Crippen LogP contribution in [0.2, 0.25) is 0 Å². The van der Waals surface area contributed by atoms with Gasteiger partial charge in [-0.2, -0.15) is 0 Å². The van der Waals surface area contributed by atoms with Gasteiger partial charge in [0, 0.05) is 66.1 Å². The zero-order valence-electron chi connectivity index (χ0n) is 34.8. The Morgan fingerprint density at radius 3 is 1.06 bits per heavy atom. The Kier molecular flexibility index (Phi) is 8.14. The van der Waals surface area contributed by atoms with Crippen molar-refractivity contribution in [2.45, 2.75) is 0 Å². The maximum Gasteiger partial charge on any atom is 0.198 e. The molecule has 4 heterocycles. The summed E-state index contributed by atoms with van der Waals surface area (Å²) in [7, 11) is 0. The van der Waals surface area contributed by atoms with Gasteiger partial charge in [-0.25, -0.2) is 19.8 Å². The average molecular weight is 830 g/mol. The lowest BCUT2D eigenvalue weighted by molar-refractivity contribution is 1.07. The Bertz CT molecular complexity index is 3740. The third-order valence-corrected chi connectivity index (χ3v) is 12.7. The number of hydrogen-bond acceptors (Lipinski definition) is 3. The first-order valence-corrected chi connectivity index (χ1v) is 21.6. The second-order valence-corrected chi connectivity index (χ2v) is 16.3. The van der Waals surface area contributed by atoms with Crippen molar-refractivity contribution in [3.8, 4) is 51.2 Å². The number of aromatic nitrogens is 6.